The highest BCUT2D eigenvalue weighted by atomic mass is 32.2. The molecule has 4 aromatic carbocycles. The van der Waals surface area contributed by atoms with E-state index in [1.165, 1.54) is 67.5 Å². The first-order valence-corrected chi connectivity index (χ1v) is 14.5. The van der Waals surface area contributed by atoms with Crippen LogP contribution < -0.4 is 0 Å². The van der Waals surface area contributed by atoms with E-state index in [4.69, 9.17) is 0 Å². The normalized spacial score (nSPS) is 17.6. The lowest BCUT2D eigenvalue weighted by atomic mass is 9.79. The molecule has 0 bridgehead atoms. The molecule has 1 aromatic heterocycles. The van der Waals surface area contributed by atoms with Crippen LogP contribution in [0.25, 0.3) is 38.6 Å². The van der Waals surface area contributed by atoms with Gasteiger partial charge in [-0.1, -0.05) is 88.4 Å². The van der Waals surface area contributed by atoms with Gasteiger partial charge in [0.25, 0.3) is 0 Å². The highest BCUT2D eigenvalue weighted by molar-refractivity contribution is 8.03. The van der Waals surface area contributed by atoms with E-state index < -0.39 is 0 Å². The van der Waals surface area contributed by atoms with Gasteiger partial charge in [-0.25, -0.2) is 0 Å². The highest BCUT2D eigenvalue weighted by Crippen LogP contribution is 2.50. The highest BCUT2D eigenvalue weighted by Gasteiger charge is 2.36. The molecule has 1 atom stereocenters. The van der Waals surface area contributed by atoms with Gasteiger partial charge in [0.05, 0.1) is 11.0 Å². The molecule has 7 rings (SSSR count). The van der Waals surface area contributed by atoms with Gasteiger partial charge >= 0.3 is 0 Å². The van der Waals surface area contributed by atoms with Crippen LogP contribution in [0, 0.1) is 0 Å². The number of fused-ring (bicyclic) bond motifs is 6. The van der Waals surface area contributed by atoms with Crippen LogP contribution in [0.3, 0.4) is 0 Å². The number of hydrogen-bond acceptors (Lipinski definition) is 1. The second-order valence-corrected chi connectivity index (χ2v) is 12.5. The molecule has 5 aromatic rings. The molecule has 0 saturated heterocycles. The summed E-state index contributed by atoms with van der Waals surface area (Å²) in [4.78, 5) is 1.54. The summed E-state index contributed by atoms with van der Waals surface area (Å²) in [5.41, 5.74) is 10.9. The van der Waals surface area contributed by atoms with Crippen molar-refractivity contribution < 1.29 is 0 Å². The Hall–Kier alpha value is -3.23. The van der Waals surface area contributed by atoms with Crippen LogP contribution in [-0.2, 0) is 10.8 Å². The molecule has 0 fully saturated rings. The van der Waals surface area contributed by atoms with Crippen molar-refractivity contribution >= 4 is 33.6 Å². The third-order valence-corrected chi connectivity index (χ3v) is 10.5. The smallest absolute Gasteiger partial charge is 0.0541 e. The van der Waals surface area contributed by atoms with Gasteiger partial charge in [-0.3, -0.25) is 0 Å². The number of rotatable bonds is 4. The number of thioether (sulfide) groups is 1. The topological polar surface area (TPSA) is 4.93 Å². The van der Waals surface area contributed by atoms with Crippen LogP contribution in [0.2, 0.25) is 0 Å². The fourth-order valence-electron chi connectivity index (χ4n) is 6.75. The minimum Gasteiger partial charge on any atom is -0.309 e. The number of aromatic nitrogens is 1. The van der Waals surface area contributed by atoms with E-state index in [9.17, 15) is 0 Å². The lowest BCUT2D eigenvalue weighted by molar-refractivity contribution is 0.563. The predicted molar refractivity (Wildman–Crippen MR) is 161 cm³/mol. The van der Waals surface area contributed by atoms with Crippen LogP contribution in [0.15, 0.2) is 95.9 Å². The van der Waals surface area contributed by atoms with E-state index in [0.29, 0.717) is 0 Å². The zero-order valence-corrected chi connectivity index (χ0v) is 23.0. The van der Waals surface area contributed by atoms with Crippen molar-refractivity contribution in [1.29, 1.82) is 0 Å². The average Bonchev–Trinajstić information content (AvgIpc) is 3.64. The molecule has 0 N–H and O–H groups in total. The van der Waals surface area contributed by atoms with E-state index in [2.05, 4.69) is 123 Å². The van der Waals surface area contributed by atoms with Crippen molar-refractivity contribution in [1.82, 2.24) is 4.57 Å². The van der Waals surface area contributed by atoms with E-state index >= 15 is 0 Å². The number of para-hydroxylation sites is 1. The molecule has 1 nitrogen and oxygen atoms in total. The van der Waals surface area contributed by atoms with E-state index in [1.54, 1.807) is 4.91 Å². The third-order valence-electron chi connectivity index (χ3n) is 9.09. The Balaban J connectivity index is 1.45. The molecule has 1 aliphatic carbocycles. The lowest BCUT2D eigenvalue weighted by Gasteiger charge is -2.30. The first-order chi connectivity index (χ1) is 17.9. The van der Waals surface area contributed by atoms with Crippen molar-refractivity contribution in [2.24, 2.45) is 0 Å². The van der Waals surface area contributed by atoms with Gasteiger partial charge in [-0.2, -0.15) is 0 Å². The first kappa shape index (κ1) is 22.9. The second-order valence-electron chi connectivity index (χ2n) is 11.4. The average molecular weight is 500 g/mol. The molecule has 0 spiro atoms. The van der Waals surface area contributed by atoms with Gasteiger partial charge in [-0.15, -0.1) is 11.8 Å². The zero-order chi connectivity index (χ0) is 25.4. The monoisotopic (exact) mass is 499 g/mol. The molecular formula is C35H33NS. The Labute approximate surface area is 224 Å². The standard InChI is InChI=1S/C35H33NS/c1-5-35(4,33-15-10-20-37-33)23-16-19-32-28(21-23)27-12-7-9-14-31(27)36(32)24-17-18-26-25-11-6-8-13-29(25)34(2,3)30(26)22-24/h6-9,11-19,21-22H,5,10,20H2,1-4H3. The van der Waals surface area contributed by atoms with Crippen LogP contribution >= 0.6 is 11.8 Å². The number of hydrogen-bond donors (Lipinski definition) is 0. The van der Waals surface area contributed by atoms with Crippen LogP contribution in [0.4, 0.5) is 0 Å². The molecule has 184 valence electrons. The molecule has 0 radical (unpaired) electrons. The second kappa shape index (κ2) is 8.13. The largest absolute Gasteiger partial charge is 0.309 e. The van der Waals surface area contributed by atoms with Gasteiger partial charge in [-0.05, 0) is 75.9 Å². The van der Waals surface area contributed by atoms with E-state index in [-0.39, 0.29) is 10.8 Å². The van der Waals surface area contributed by atoms with E-state index in [0.717, 1.165) is 6.42 Å². The maximum absolute atomic E-state index is 2.48. The van der Waals surface area contributed by atoms with Gasteiger partial charge in [0.2, 0.25) is 0 Å². The molecule has 0 saturated carbocycles. The summed E-state index contributed by atoms with van der Waals surface area (Å²) < 4.78 is 2.47. The van der Waals surface area contributed by atoms with Crippen LogP contribution in [0.1, 0.15) is 57.2 Å². The molecule has 2 heterocycles. The molecule has 1 aliphatic heterocycles. The summed E-state index contributed by atoms with van der Waals surface area (Å²) in [6.07, 6.45) is 4.76. The Morgan fingerprint density at radius 1 is 0.811 bits per heavy atom. The van der Waals surface area contributed by atoms with Crippen LogP contribution in [-0.4, -0.2) is 10.3 Å². The fourth-order valence-corrected chi connectivity index (χ4v) is 8.02. The first-order valence-electron chi connectivity index (χ1n) is 13.6. The Bertz CT molecular complexity index is 1730. The quantitative estimate of drug-likeness (QED) is 0.238. The lowest BCUT2D eigenvalue weighted by Crippen LogP contribution is -2.21. The number of nitrogens with zero attached hydrogens (tertiary/aromatic N) is 1. The van der Waals surface area contributed by atoms with Crippen molar-refractivity contribution in [2.45, 2.75) is 51.4 Å². The van der Waals surface area contributed by atoms with Gasteiger partial charge < -0.3 is 4.57 Å². The third kappa shape index (κ3) is 3.18. The fraction of sp³-hybridized carbons (Fsp3) is 0.257. The van der Waals surface area contributed by atoms with Crippen molar-refractivity contribution in [3.8, 4) is 16.8 Å². The SMILES string of the molecule is CCC(C)(C1=CCCS1)c1ccc2c(c1)c1ccccc1n2-c1ccc2c(c1)C(C)(C)c1ccccc1-2. The summed E-state index contributed by atoms with van der Waals surface area (Å²) in [7, 11) is 0. The van der Waals surface area contributed by atoms with Crippen molar-refractivity contribution in [2.75, 3.05) is 5.75 Å². The predicted octanol–water partition coefficient (Wildman–Crippen LogP) is 9.78. The number of benzene rings is 4. The van der Waals surface area contributed by atoms with Crippen LogP contribution in [0.5, 0.6) is 0 Å². The molecule has 37 heavy (non-hydrogen) atoms. The van der Waals surface area contributed by atoms with Crippen molar-refractivity contribution in [3.05, 3.63) is 113 Å². The number of allylic oxidation sites excluding steroid dienone is 2. The summed E-state index contributed by atoms with van der Waals surface area (Å²) >= 11 is 2.04. The Kier molecular flexibility index (Phi) is 5.04. The van der Waals surface area contributed by atoms with Crippen molar-refractivity contribution in [3.63, 3.8) is 0 Å². The molecule has 1 unspecified atom stereocenters. The van der Waals surface area contributed by atoms with Gasteiger partial charge in [0.1, 0.15) is 0 Å². The van der Waals surface area contributed by atoms with E-state index in [1.807, 2.05) is 11.8 Å². The molecular weight excluding hydrogens is 466 g/mol. The molecule has 0 amide bonds. The molecule has 2 heteroatoms. The van der Waals surface area contributed by atoms with Gasteiger partial charge in [0, 0.05) is 33.0 Å². The summed E-state index contributed by atoms with van der Waals surface area (Å²) in [6, 6.07) is 32.1. The summed E-state index contributed by atoms with van der Waals surface area (Å²) in [6.45, 7) is 9.48. The zero-order valence-electron chi connectivity index (χ0n) is 22.1. The Morgan fingerprint density at radius 2 is 1.57 bits per heavy atom. The maximum Gasteiger partial charge on any atom is 0.0541 e. The van der Waals surface area contributed by atoms with Gasteiger partial charge in [0.15, 0.2) is 0 Å². The molecule has 2 aliphatic rings. The summed E-state index contributed by atoms with van der Waals surface area (Å²) in [5.74, 6) is 1.21. The Morgan fingerprint density at radius 3 is 2.38 bits per heavy atom. The minimum atomic E-state index is -0.0104. The summed E-state index contributed by atoms with van der Waals surface area (Å²) in [5, 5.41) is 2.67. The minimum absolute atomic E-state index is 0.0104. The maximum atomic E-state index is 2.48.